The molecule has 0 aromatic heterocycles. The zero-order chi connectivity index (χ0) is 24.6. The molecule has 1 aliphatic heterocycles. The zero-order valence-electron chi connectivity index (χ0n) is 18.2. The van der Waals surface area contributed by atoms with Crippen LogP contribution in [-0.4, -0.2) is 59.1 Å². The number of alkyl halides is 3. The van der Waals surface area contributed by atoms with Crippen molar-refractivity contribution in [2.24, 2.45) is 5.92 Å². The minimum atomic E-state index is -4.98. The van der Waals surface area contributed by atoms with Crippen molar-refractivity contribution in [3.05, 3.63) is 24.3 Å². The maximum absolute atomic E-state index is 12.8. The normalized spacial score (nSPS) is 19.0. The number of anilines is 2. The first-order valence-corrected chi connectivity index (χ1v) is 11.4. The molecule has 8 nitrogen and oxygen atoms in total. The molecule has 0 radical (unpaired) electrons. The van der Waals surface area contributed by atoms with Crippen LogP contribution in [0, 0.1) is 17.2 Å². The molecule has 1 aromatic carbocycles. The first-order valence-electron chi connectivity index (χ1n) is 10.5. The van der Waals surface area contributed by atoms with Gasteiger partial charge >= 0.3 is 12.1 Å². The Hall–Kier alpha value is -2.94. The van der Waals surface area contributed by atoms with Crippen LogP contribution in [0.3, 0.4) is 0 Å². The van der Waals surface area contributed by atoms with Gasteiger partial charge in [-0.15, -0.1) is 11.8 Å². The van der Waals surface area contributed by atoms with Crippen LogP contribution in [-0.2, 0) is 14.4 Å². The highest BCUT2D eigenvalue weighted by Gasteiger charge is 2.41. The topological polar surface area (TPSA) is 114 Å². The molecule has 2 rings (SSSR count). The van der Waals surface area contributed by atoms with Gasteiger partial charge in [0.15, 0.2) is 0 Å². The van der Waals surface area contributed by atoms with E-state index in [1.54, 1.807) is 23.2 Å². The van der Waals surface area contributed by atoms with Gasteiger partial charge in [-0.2, -0.15) is 18.4 Å². The largest absolute Gasteiger partial charge is 0.471 e. The highest BCUT2D eigenvalue weighted by Crippen LogP contribution is 2.37. The predicted octanol–water partition coefficient (Wildman–Crippen LogP) is 2.95. The Morgan fingerprint density at radius 1 is 1.27 bits per heavy atom. The van der Waals surface area contributed by atoms with E-state index in [2.05, 4.69) is 10.6 Å². The van der Waals surface area contributed by atoms with Gasteiger partial charge in [-0.05, 0) is 38.5 Å². The summed E-state index contributed by atoms with van der Waals surface area (Å²) in [6, 6.07) is 7.86. The molecule has 3 atom stereocenters. The van der Waals surface area contributed by atoms with Crippen molar-refractivity contribution in [3.63, 3.8) is 0 Å². The smallest absolute Gasteiger partial charge is 0.385 e. The lowest BCUT2D eigenvalue weighted by Crippen LogP contribution is -2.38. The molecule has 1 fully saturated rings. The van der Waals surface area contributed by atoms with Gasteiger partial charge in [0, 0.05) is 37.4 Å². The molecule has 0 bridgehead atoms. The summed E-state index contributed by atoms with van der Waals surface area (Å²) in [6.45, 7) is 4.83. The lowest BCUT2D eigenvalue weighted by Gasteiger charge is -2.23. The fourth-order valence-electron chi connectivity index (χ4n) is 3.36. The Balaban J connectivity index is 1.93. The first-order chi connectivity index (χ1) is 15.6. The third-order valence-corrected chi connectivity index (χ3v) is 6.47. The average molecular weight is 486 g/mol. The molecule has 0 saturated carbocycles. The van der Waals surface area contributed by atoms with Crippen molar-refractivity contribution in [1.82, 2.24) is 10.2 Å². The number of nitriles is 1. The predicted molar refractivity (Wildman–Crippen MR) is 119 cm³/mol. The van der Waals surface area contributed by atoms with Gasteiger partial charge in [0.25, 0.3) is 0 Å². The molecule has 1 aliphatic rings. The van der Waals surface area contributed by atoms with Crippen LogP contribution in [0.4, 0.5) is 24.5 Å². The van der Waals surface area contributed by atoms with Crippen LogP contribution < -0.4 is 16.0 Å². The summed E-state index contributed by atoms with van der Waals surface area (Å²) in [6.07, 6.45) is -4.31. The molecule has 0 spiro atoms. The highest BCUT2D eigenvalue weighted by atomic mass is 32.2. The Morgan fingerprint density at radius 2 is 1.97 bits per heavy atom. The van der Waals surface area contributed by atoms with Gasteiger partial charge in [-0.3, -0.25) is 14.4 Å². The molecule has 3 amide bonds. The van der Waals surface area contributed by atoms with Crippen molar-refractivity contribution in [2.45, 2.75) is 43.5 Å². The molecule has 3 N–H and O–H groups in total. The summed E-state index contributed by atoms with van der Waals surface area (Å²) in [5.74, 6) is -3.34. The summed E-state index contributed by atoms with van der Waals surface area (Å²) >= 11 is 1.40. The number of carbonyl (C=O) groups is 3. The summed E-state index contributed by atoms with van der Waals surface area (Å²) in [4.78, 5) is 37.6. The Labute approximate surface area is 194 Å². The average Bonchev–Trinajstić information content (AvgIpc) is 3.05. The molecular formula is C21H26F3N5O3S. The van der Waals surface area contributed by atoms with Gasteiger partial charge in [-0.25, -0.2) is 0 Å². The fraction of sp³-hybridized carbons (Fsp3) is 0.524. The van der Waals surface area contributed by atoms with E-state index in [4.69, 9.17) is 0 Å². The van der Waals surface area contributed by atoms with Gasteiger partial charge in [-0.1, -0.05) is 6.07 Å². The van der Waals surface area contributed by atoms with Gasteiger partial charge < -0.3 is 20.9 Å². The molecule has 0 aliphatic carbocycles. The van der Waals surface area contributed by atoms with Crippen molar-refractivity contribution < 1.29 is 27.6 Å². The number of hydrogen-bond donors (Lipinski definition) is 3. The van der Waals surface area contributed by atoms with Crippen LogP contribution in [0.5, 0.6) is 0 Å². The maximum Gasteiger partial charge on any atom is 0.471 e. The van der Waals surface area contributed by atoms with Crippen LogP contribution in [0.2, 0.25) is 0 Å². The van der Waals surface area contributed by atoms with E-state index in [1.165, 1.54) is 30.0 Å². The molecule has 1 heterocycles. The third-order valence-electron chi connectivity index (χ3n) is 4.94. The lowest BCUT2D eigenvalue weighted by atomic mass is 10.1. The fourth-order valence-corrected chi connectivity index (χ4v) is 4.94. The van der Waals surface area contributed by atoms with E-state index in [0.29, 0.717) is 31.7 Å². The van der Waals surface area contributed by atoms with E-state index in [-0.39, 0.29) is 34.5 Å². The Kier molecular flexibility index (Phi) is 9.40. The summed E-state index contributed by atoms with van der Waals surface area (Å²) < 4.78 is 37.3. The molecule has 1 aromatic rings. The second-order valence-electron chi connectivity index (χ2n) is 7.26. The number of halogens is 3. The molecule has 1 saturated heterocycles. The number of nitrogens with one attached hydrogen (secondary N) is 3. The van der Waals surface area contributed by atoms with Crippen LogP contribution in [0.15, 0.2) is 24.3 Å². The van der Waals surface area contributed by atoms with E-state index in [1.807, 2.05) is 13.0 Å². The van der Waals surface area contributed by atoms with Crippen molar-refractivity contribution in [3.8, 4) is 6.07 Å². The van der Waals surface area contributed by atoms with Crippen molar-refractivity contribution in [2.75, 3.05) is 30.3 Å². The standard InChI is InChI=1S/C21H26F3N5O3S/c1-3-26-18(30)13(12-25)10-17-29(4-2)19(31)16(33-17)8-9-27-14-6-5-7-15(11-14)28-20(32)21(22,23)24/h5-7,11,13,16-17,27H,3-4,8-10H2,1-2H3,(H,26,30)(H,28,32). The van der Waals surface area contributed by atoms with Crippen LogP contribution in [0.1, 0.15) is 26.7 Å². The second-order valence-corrected chi connectivity index (χ2v) is 8.65. The maximum atomic E-state index is 12.8. The van der Waals surface area contributed by atoms with Crippen molar-refractivity contribution in [1.29, 1.82) is 5.26 Å². The van der Waals surface area contributed by atoms with Crippen LogP contribution >= 0.6 is 11.8 Å². The molecular weight excluding hydrogens is 459 g/mol. The minimum Gasteiger partial charge on any atom is -0.385 e. The minimum absolute atomic E-state index is 0.00114. The number of thioether (sulfide) groups is 1. The number of carbonyl (C=O) groups excluding carboxylic acids is 3. The number of hydrogen-bond acceptors (Lipinski definition) is 6. The van der Waals surface area contributed by atoms with Gasteiger partial charge in [0.05, 0.1) is 16.7 Å². The molecule has 12 heteroatoms. The molecule has 3 unspecified atom stereocenters. The zero-order valence-corrected chi connectivity index (χ0v) is 19.1. The van der Waals surface area contributed by atoms with Gasteiger partial charge in [0.1, 0.15) is 5.92 Å². The monoisotopic (exact) mass is 485 g/mol. The van der Waals surface area contributed by atoms with Crippen LogP contribution in [0.25, 0.3) is 0 Å². The highest BCUT2D eigenvalue weighted by molar-refractivity contribution is 8.01. The van der Waals surface area contributed by atoms with E-state index < -0.39 is 18.0 Å². The summed E-state index contributed by atoms with van der Waals surface area (Å²) in [5, 5.41) is 16.1. The van der Waals surface area contributed by atoms with E-state index in [9.17, 15) is 32.8 Å². The molecule has 33 heavy (non-hydrogen) atoms. The summed E-state index contributed by atoms with van der Waals surface area (Å²) in [5.41, 5.74) is 0.494. The van der Waals surface area contributed by atoms with E-state index in [0.717, 1.165) is 0 Å². The third kappa shape index (κ3) is 7.28. The first kappa shape index (κ1) is 26.3. The SMILES string of the molecule is CCNC(=O)C(C#N)CC1SC(CCNc2cccc(NC(=O)C(F)(F)F)c2)C(=O)N1CC. The quantitative estimate of drug-likeness (QED) is 0.470. The number of amides is 3. The lowest BCUT2D eigenvalue weighted by molar-refractivity contribution is -0.167. The summed E-state index contributed by atoms with van der Waals surface area (Å²) in [7, 11) is 0. The Bertz CT molecular complexity index is 906. The van der Waals surface area contributed by atoms with Crippen molar-refractivity contribution >= 4 is 40.9 Å². The number of benzene rings is 1. The number of nitrogens with zero attached hydrogens (tertiary/aromatic N) is 2. The van der Waals surface area contributed by atoms with Gasteiger partial charge in [0.2, 0.25) is 11.8 Å². The Morgan fingerprint density at radius 3 is 2.58 bits per heavy atom. The second kappa shape index (κ2) is 11.8. The van der Waals surface area contributed by atoms with E-state index >= 15 is 0 Å². The molecule has 180 valence electrons. The number of rotatable bonds is 10.